The van der Waals surface area contributed by atoms with Crippen LogP contribution in [0.3, 0.4) is 0 Å². The van der Waals surface area contributed by atoms with Crippen LogP contribution < -0.4 is 9.47 Å². The molecule has 0 spiro atoms. The molecule has 3 heteroatoms. The van der Waals surface area contributed by atoms with E-state index in [1.807, 2.05) is 74.5 Å². The summed E-state index contributed by atoms with van der Waals surface area (Å²) in [5, 5.41) is 0. The number of benzene rings is 3. The summed E-state index contributed by atoms with van der Waals surface area (Å²) in [6.07, 6.45) is -0.555. The molecule has 0 saturated carbocycles. The quantitative estimate of drug-likeness (QED) is 0.520. The van der Waals surface area contributed by atoms with Crippen molar-refractivity contribution >= 4 is 5.78 Å². The second kappa shape index (κ2) is 8.54. The van der Waals surface area contributed by atoms with Gasteiger partial charge in [-0.1, -0.05) is 48.5 Å². The Hall–Kier alpha value is -3.07. The van der Waals surface area contributed by atoms with Crippen molar-refractivity contribution in [3.63, 3.8) is 0 Å². The minimum Gasteiger partial charge on any atom is -0.489 e. The number of carbonyl (C=O) groups is 1. The van der Waals surface area contributed by atoms with Crippen LogP contribution in [0.1, 0.15) is 34.0 Å². The molecular formula is C24H24O3. The lowest BCUT2D eigenvalue weighted by Crippen LogP contribution is -2.24. The van der Waals surface area contributed by atoms with E-state index in [1.54, 1.807) is 19.1 Å². The van der Waals surface area contributed by atoms with Crippen LogP contribution in [-0.2, 0) is 6.61 Å². The zero-order valence-corrected chi connectivity index (χ0v) is 15.9. The first kappa shape index (κ1) is 18.7. The van der Waals surface area contributed by atoms with E-state index in [9.17, 15) is 4.79 Å². The Morgan fingerprint density at radius 1 is 0.852 bits per heavy atom. The monoisotopic (exact) mass is 360 g/mol. The van der Waals surface area contributed by atoms with Crippen molar-refractivity contribution in [1.29, 1.82) is 0 Å². The maximum atomic E-state index is 12.7. The third-order valence-electron chi connectivity index (χ3n) is 4.46. The van der Waals surface area contributed by atoms with Crippen molar-refractivity contribution < 1.29 is 14.3 Å². The van der Waals surface area contributed by atoms with Gasteiger partial charge in [0.25, 0.3) is 0 Å². The van der Waals surface area contributed by atoms with Crippen LogP contribution in [0.2, 0.25) is 0 Å². The molecule has 0 heterocycles. The number of rotatable bonds is 7. The van der Waals surface area contributed by atoms with E-state index in [-0.39, 0.29) is 5.78 Å². The van der Waals surface area contributed by atoms with Gasteiger partial charge in [-0.15, -0.1) is 0 Å². The Labute approximate surface area is 160 Å². The summed E-state index contributed by atoms with van der Waals surface area (Å²) in [5.74, 6) is 1.46. The van der Waals surface area contributed by atoms with Gasteiger partial charge in [0, 0.05) is 5.56 Å². The lowest BCUT2D eigenvalue weighted by atomic mass is 10.1. The van der Waals surface area contributed by atoms with Crippen LogP contribution in [0.25, 0.3) is 0 Å². The molecule has 3 aromatic carbocycles. The molecule has 1 atom stereocenters. The highest BCUT2D eigenvalue weighted by atomic mass is 16.5. The van der Waals surface area contributed by atoms with E-state index in [1.165, 1.54) is 0 Å². The van der Waals surface area contributed by atoms with E-state index < -0.39 is 6.10 Å². The van der Waals surface area contributed by atoms with Crippen LogP contribution in [-0.4, -0.2) is 11.9 Å². The first-order valence-corrected chi connectivity index (χ1v) is 9.08. The van der Waals surface area contributed by atoms with E-state index in [0.717, 1.165) is 28.2 Å². The van der Waals surface area contributed by atoms with Gasteiger partial charge in [-0.2, -0.15) is 0 Å². The van der Waals surface area contributed by atoms with Gasteiger partial charge in [0.2, 0.25) is 5.78 Å². The molecular weight excluding hydrogens is 336 g/mol. The van der Waals surface area contributed by atoms with Gasteiger partial charge in [0.1, 0.15) is 18.1 Å². The van der Waals surface area contributed by atoms with Crippen LogP contribution in [0.5, 0.6) is 11.5 Å². The molecule has 0 fully saturated rings. The van der Waals surface area contributed by atoms with Crippen molar-refractivity contribution in [2.24, 2.45) is 0 Å². The SMILES string of the molecule is Cc1cccc(C)c1OC(C)C(=O)c1ccc(OCc2ccccc2)cc1. The van der Waals surface area contributed by atoms with Gasteiger partial charge in [-0.3, -0.25) is 4.79 Å². The fourth-order valence-corrected chi connectivity index (χ4v) is 2.91. The molecule has 0 saturated heterocycles. The molecule has 27 heavy (non-hydrogen) atoms. The highest BCUT2D eigenvalue weighted by Crippen LogP contribution is 2.24. The van der Waals surface area contributed by atoms with Gasteiger partial charge in [0.05, 0.1) is 0 Å². The number of Topliss-reactive ketones (excluding diaryl/α,β-unsaturated/α-hetero) is 1. The molecule has 0 aliphatic rings. The van der Waals surface area contributed by atoms with Crippen molar-refractivity contribution in [3.05, 3.63) is 95.1 Å². The summed E-state index contributed by atoms with van der Waals surface area (Å²) in [7, 11) is 0. The van der Waals surface area contributed by atoms with E-state index in [0.29, 0.717) is 12.2 Å². The molecule has 3 rings (SSSR count). The summed E-state index contributed by atoms with van der Waals surface area (Å²) < 4.78 is 11.7. The average Bonchev–Trinajstić information content (AvgIpc) is 2.70. The zero-order valence-electron chi connectivity index (χ0n) is 15.9. The smallest absolute Gasteiger partial charge is 0.202 e. The first-order valence-electron chi connectivity index (χ1n) is 9.08. The number of hydrogen-bond acceptors (Lipinski definition) is 3. The molecule has 0 aliphatic heterocycles. The normalized spacial score (nSPS) is 11.7. The Balaban J connectivity index is 1.63. The van der Waals surface area contributed by atoms with E-state index in [2.05, 4.69) is 0 Å². The molecule has 138 valence electrons. The minimum atomic E-state index is -0.555. The highest BCUT2D eigenvalue weighted by Gasteiger charge is 2.18. The van der Waals surface area contributed by atoms with Gasteiger partial charge >= 0.3 is 0 Å². The first-order chi connectivity index (χ1) is 13.0. The molecule has 1 unspecified atom stereocenters. The molecule has 0 aliphatic carbocycles. The maximum absolute atomic E-state index is 12.7. The van der Waals surface area contributed by atoms with Crippen molar-refractivity contribution in [3.8, 4) is 11.5 Å². The van der Waals surface area contributed by atoms with Crippen LogP contribution in [0.4, 0.5) is 0 Å². The summed E-state index contributed by atoms with van der Waals surface area (Å²) in [6, 6.07) is 23.1. The molecule has 0 N–H and O–H groups in total. The third kappa shape index (κ3) is 4.76. The Morgan fingerprint density at radius 2 is 1.48 bits per heavy atom. The molecule has 3 aromatic rings. The minimum absolute atomic E-state index is 0.0488. The fraction of sp³-hybridized carbons (Fsp3) is 0.208. The maximum Gasteiger partial charge on any atom is 0.202 e. The second-order valence-corrected chi connectivity index (χ2v) is 6.64. The number of ketones is 1. The summed E-state index contributed by atoms with van der Waals surface area (Å²) in [6.45, 7) is 6.25. The summed E-state index contributed by atoms with van der Waals surface area (Å²) in [4.78, 5) is 12.7. The molecule has 0 bridgehead atoms. The highest BCUT2D eigenvalue weighted by molar-refractivity contribution is 5.99. The van der Waals surface area contributed by atoms with Crippen molar-refractivity contribution in [2.45, 2.75) is 33.5 Å². The average molecular weight is 360 g/mol. The van der Waals surface area contributed by atoms with E-state index >= 15 is 0 Å². The molecule has 0 amide bonds. The Kier molecular flexibility index (Phi) is 5.92. The molecule has 0 radical (unpaired) electrons. The number of ether oxygens (including phenoxy) is 2. The fourth-order valence-electron chi connectivity index (χ4n) is 2.91. The number of carbonyl (C=O) groups excluding carboxylic acids is 1. The van der Waals surface area contributed by atoms with Crippen LogP contribution in [0, 0.1) is 13.8 Å². The molecule has 0 aromatic heterocycles. The number of para-hydroxylation sites is 1. The summed E-state index contributed by atoms with van der Waals surface area (Å²) in [5.41, 5.74) is 3.77. The van der Waals surface area contributed by atoms with E-state index in [4.69, 9.17) is 9.47 Å². The Morgan fingerprint density at radius 3 is 2.11 bits per heavy atom. The van der Waals surface area contributed by atoms with Crippen molar-refractivity contribution in [1.82, 2.24) is 0 Å². The zero-order chi connectivity index (χ0) is 19.2. The lowest BCUT2D eigenvalue weighted by Gasteiger charge is -2.17. The van der Waals surface area contributed by atoms with Gasteiger partial charge in [0.15, 0.2) is 6.10 Å². The Bertz CT molecular complexity index is 878. The van der Waals surface area contributed by atoms with Crippen LogP contribution in [0.15, 0.2) is 72.8 Å². The topological polar surface area (TPSA) is 35.5 Å². The molecule has 3 nitrogen and oxygen atoms in total. The third-order valence-corrected chi connectivity index (χ3v) is 4.46. The van der Waals surface area contributed by atoms with Gasteiger partial charge < -0.3 is 9.47 Å². The van der Waals surface area contributed by atoms with Crippen molar-refractivity contribution in [2.75, 3.05) is 0 Å². The number of aryl methyl sites for hydroxylation is 2. The standard InChI is InChI=1S/C24H24O3/c1-17-8-7-9-18(2)24(17)27-19(3)23(25)21-12-14-22(15-13-21)26-16-20-10-5-4-6-11-20/h4-15,19H,16H2,1-3H3. The second-order valence-electron chi connectivity index (χ2n) is 6.64. The van der Waals surface area contributed by atoms with Crippen LogP contribution >= 0.6 is 0 Å². The largest absolute Gasteiger partial charge is 0.489 e. The predicted octanol–water partition coefficient (Wildman–Crippen LogP) is 5.53. The lowest BCUT2D eigenvalue weighted by molar-refractivity contribution is 0.0816. The van der Waals surface area contributed by atoms with Gasteiger partial charge in [-0.05, 0) is 61.7 Å². The van der Waals surface area contributed by atoms with Gasteiger partial charge in [-0.25, -0.2) is 0 Å². The summed E-state index contributed by atoms with van der Waals surface area (Å²) >= 11 is 0. The number of hydrogen-bond donors (Lipinski definition) is 0. The predicted molar refractivity (Wildman–Crippen MR) is 108 cm³/mol.